The minimum absolute atomic E-state index is 0.474. The van der Waals surface area contributed by atoms with Gasteiger partial charge in [-0.2, -0.15) is 0 Å². The molecule has 31 heavy (non-hydrogen) atoms. The Morgan fingerprint density at radius 1 is 0.903 bits per heavy atom. The lowest BCUT2D eigenvalue weighted by molar-refractivity contribution is 0.617. The Kier molecular flexibility index (Phi) is 4.64. The van der Waals surface area contributed by atoms with Gasteiger partial charge in [-0.3, -0.25) is 4.98 Å². The second-order valence-corrected chi connectivity index (χ2v) is 7.33. The molecule has 0 saturated carbocycles. The van der Waals surface area contributed by atoms with Gasteiger partial charge in [-0.1, -0.05) is 49.1 Å². The first-order chi connectivity index (χ1) is 15.1. The third-order valence-corrected chi connectivity index (χ3v) is 5.27. The van der Waals surface area contributed by atoms with Gasteiger partial charge >= 0.3 is 0 Å². The van der Waals surface area contributed by atoms with Crippen molar-refractivity contribution in [1.29, 1.82) is 0 Å². The highest BCUT2D eigenvalue weighted by Crippen LogP contribution is 2.31. The molecule has 3 heterocycles. The van der Waals surface area contributed by atoms with E-state index in [0.29, 0.717) is 17.4 Å². The first-order valence-electron chi connectivity index (χ1n) is 10.0. The largest absolute Gasteiger partial charge is 0.435 e. The van der Waals surface area contributed by atoms with E-state index in [9.17, 15) is 0 Å². The number of fused-ring (bicyclic) bond motifs is 1. The maximum atomic E-state index is 5.89. The molecule has 2 aromatic carbocycles. The van der Waals surface area contributed by atoms with E-state index in [4.69, 9.17) is 14.4 Å². The molecule has 0 amide bonds. The van der Waals surface area contributed by atoms with Gasteiger partial charge < -0.3 is 4.42 Å². The number of rotatable bonds is 4. The van der Waals surface area contributed by atoms with Crippen LogP contribution in [0, 0.1) is 13.8 Å². The molecule has 0 saturated heterocycles. The fourth-order valence-corrected chi connectivity index (χ4v) is 3.67. The summed E-state index contributed by atoms with van der Waals surface area (Å²) in [4.78, 5) is 18.7. The quantitative estimate of drug-likeness (QED) is 0.353. The summed E-state index contributed by atoms with van der Waals surface area (Å²) in [6.45, 7) is 8.03. The van der Waals surface area contributed by atoms with Crippen LogP contribution in [0.4, 0.5) is 0 Å². The Morgan fingerprint density at radius 3 is 2.52 bits per heavy atom. The van der Waals surface area contributed by atoms with Crippen molar-refractivity contribution in [3.63, 3.8) is 0 Å². The first kappa shape index (κ1) is 18.9. The van der Waals surface area contributed by atoms with Crippen LogP contribution in [0.5, 0.6) is 0 Å². The van der Waals surface area contributed by atoms with E-state index >= 15 is 0 Å². The fourth-order valence-electron chi connectivity index (χ4n) is 3.67. The summed E-state index contributed by atoms with van der Waals surface area (Å²) < 4.78 is 5.89. The van der Waals surface area contributed by atoms with E-state index in [1.54, 1.807) is 6.20 Å². The molecule has 0 aliphatic heterocycles. The topological polar surface area (TPSA) is 64.7 Å². The number of aryl methyl sites for hydroxylation is 2. The van der Waals surface area contributed by atoms with Crippen molar-refractivity contribution in [2.45, 2.75) is 13.8 Å². The highest BCUT2D eigenvalue weighted by Gasteiger charge is 2.16. The van der Waals surface area contributed by atoms with Crippen molar-refractivity contribution in [1.82, 2.24) is 19.9 Å². The Balaban J connectivity index is 1.65. The van der Waals surface area contributed by atoms with Gasteiger partial charge in [0, 0.05) is 28.6 Å². The maximum Gasteiger partial charge on any atom is 0.246 e. The zero-order valence-electron chi connectivity index (χ0n) is 17.3. The van der Waals surface area contributed by atoms with Crippen molar-refractivity contribution in [2.24, 2.45) is 0 Å². The van der Waals surface area contributed by atoms with E-state index in [1.807, 2.05) is 61.5 Å². The highest BCUT2D eigenvalue weighted by atomic mass is 16.3. The van der Waals surface area contributed by atoms with Crippen molar-refractivity contribution in [3.05, 3.63) is 90.3 Å². The normalized spacial score (nSPS) is 11.0. The van der Waals surface area contributed by atoms with Crippen molar-refractivity contribution < 1.29 is 4.42 Å². The summed E-state index contributed by atoms with van der Waals surface area (Å²) in [7, 11) is 0. The maximum absolute atomic E-state index is 5.89. The minimum atomic E-state index is 0.474. The number of pyridine rings is 1. The van der Waals surface area contributed by atoms with Crippen LogP contribution >= 0.6 is 0 Å². The average molecular weight is 404 g/mol. The van der Waals surface area contributed by atoms with Crippen LogP contribution in [-0.2, 0) is 0 Å². The summed E-state index contributed by atoms with van der Waals surface area (Å²) in [6.07, 6.45) is 3.55. The zero-order valence-corrected chi connectivity index (χ0v) is 17.3. The monoisotopic (exact) mass is 404 g/mol. The van der Waals surface area contributed by atoms with Crippen LogP contribution in [0.25, 0.3) is 51.4 Å². The second-order valence-electron chi connectivity index (χ2n) is 7.33. The second kappa shape index (κ2) is 7.61. The average Bonchev–Trinajstić information content (AvgIpc) is 3.23. The number of hydrogen-bond donors (Lipinski definition) is 0. The highest BCUT2D eigenvalue weighted by molar-refractivity contribution is 5.78. The van der Waals surface area contributed by atoms with Gasteiger partial charge in [0.2, 0.25) is 5.89 Å². The third-order valence-electron chi connectivity index (χ3n) is 5.27. The molecular weight excluding hydrogens is 384 g/mol. The van der Waals surface area contributed by atoms with E-state index in [-0.39, 0.29) is 0 Å². The molecule has 5 rings (SSSR count). The lowest BCUT2D eigenvalue weighted by Gasteiger charge is -2.13. The predicted molar refractivity (Wildman–Crippen MR) is 123 cm³/mol. The molecule has 0 aliphatic rings. The molecule has 0 bridgehead atoms. The van der Waals surface area contributed by atoms with Crippen LogP contribution < -0.4 is 0 Å². The summed E-state index contributed by atoms with van der Waals surface area (Å²) in [5.41, 5.74) is 7.92. The summed E-state index contributed by atoms with van der Waals surface area (Å²) >= 11 is 0. The van der Waals surface area contributed by atoms with Crippen LogP contribution in [0.3, 0.4) is 0 Å². The summed E-state index contributed by atoms with van der Waals surface area (Å²) in [5.74, 6) is 1.10. The van der Waals surface area contributed by atoms with Gasteiger partial charge in [0.05, 0.1) is 5.69 Å². The van der Waals surface area contributed by atoms with Crippen LogP contribution in [0.2, 0.25) is 0 Å². The number of benzene rings is 2. The van der Waals surface area contributed by atoms with Crippen molar-refractivity contribution in [3.8, 4) is 34.2 Å². The molecule has 0 spiro atoms. The molecule has 0 fully saturated rings. The molecule has 0 radical (unpaired) electrons. The molecule has 3 aromatic heterocycles. The van der Waals surface area contributed by atoms with E-state index < -0.39 is 0 Å². The molecule has 0 unspecified atom stereocenters. The molecule has 150 valence electrons. The standard InChI is InChI=1S/C26H20N4O/c1-4-19-17(3)28-25(30-24(19)20-10-6-5-9-16(20)2)18-13-14-27-22(15-18)26-29-21-11-7-8-12-23(21)31-26/h4-15H,1H2,2-3H3. The number of aromatic nitrogens is 4. The van der Waals surface area contributed by atoms with E-state index in [0.717, 1.165) is 44.7 Å². The number of hydrogen-bond acceptors (Lipinski definition) is 5. The SMILES string of the molecule is C=Cc1c(C)nc(-c2ccnc(-c3nc4ccccc4o3)c2)nc1-c1ccccc1C. The number of nitrogens with zero attached hydrogens (tertiary/aromatic N) is 4. The fraction of sp³-hybridized carbons (Fsp3) is 0.0769. The Bertz CT molecular complexity index is 1400. The molecular formula is C26H20N4O. The van der Waals surface area contributed by atoms with Gasteiger partial charge in [0.25, 0.3) is 0 Å². The third kappa shape index (κ3) is 3.40. The molecule has 5 aromatic rings. The Morgan fingerprint density at radius 2 is 1.71 bits per heavy atom. The van der Waals surface area contributed by atoms with Gasteiger partial charge in [-0.15, -0.1) is 0 Å². The number of oxazole rings is 1. The Hall–Kier alpha value is -4.12. The van der Waals surface area contributed by atoms with Crippen molar-refractivity contribution in [2.75, 3.05) is 0 Å². The Labute approximate surface area is 180 Å². The molecule has 0 N–H and O–H groups in total. The molecule has 5 heteroatoms. The lowest BCUT2D eigenvalue weighted by Crippen LogP contribution is -2.01. The zero-order chi connectivity index (χ0) is 21.4. The molecule has 5 nitrogen and oxygen atoms in total. The van der Waals surface area contributed by atoms with E-state index in [2.05, 4.69) is 35.6 Å². The first-order valence-corrected chi connectivity index (χ1v) is 10.0. The van der Waals surface area contributed by atoms with Crippen molar-refractivity contribution >= 4 is 17.2 Å². The summed E-state index contributed by atoms with van der Waals surface area (Å²) in [6, 6.07) is 19.7. The van der Waals surface area contributed by atoms with Gasteiger partial charge in [-0.05, 0) is 43.7 Å². The summed E-state index contributed by atoms with van der Waals surface area (Å²) in [5, 5.41) is 0. The molecule has 0 atom stereocenters. The van der Waals surface area contributed by atoms with Crippen LogP contribution in [0.15, 0.2) is 77.9 Å². The molecule has 0 aliphatic carbocycles. The lowest BCUT2D eigenvalue weighted by atomic mass is 10.00. The predicted octanol–water partition coefficient (Wildman–Crippen LogP) is 6.27. The minimum Gasteiger partial charge on any atom is -0.435 e. The van der Waals surface area contributed by atoms with Crippen LogP contribution in [0.1, 0.15) is 16.8 Å². The number of para-hydroxylation sites is 2. The smallest absolute Gasteiger partial charge is 0.246 e. The van der Waals surface area contributed by atoms with Gasteiger partial charge in [0.1, 0.15) is 11.2 Å². The van der Waals surface area contributed by atoms with E-state index in [1.165, 1.54) is 0 Å². The van der Waals surface area contributed by atoms with Gasteiger partial charge in [-0.25, -0.2) is 15.0 Å². The van der Waals surface area contributed by atoms with Gasteiger partial charge in [0.15, 0.2) is 11.4 Å². The van der Waals surface area contributed by atoms with Crippen LogP contribution in [-0.4, -0.2) is 19.9 Å².